The van der Waals surface area contributed by atoms with E-state index in [-0.39, 0.29) is 11.4 Å². The Morgan fingerprint density at radius 1 is 1.37 bits per heavy atom. The number of nitrogens with zero attached hydrogens (tertiary/aromatic N) is 2. The van der Waals surface area contributed by atoms with Crippen molar-refractivity contribution in [3.05, 3.63) is 33.7 Å². The third kappa shape index (κ3) is 1.88. The van der Waals surface area contributed by atoms with E-state index >= 15 is 0 Å². The summed E-state index contributed by atoms with van der Waals surface area (Å²) in [6.45, 7) is 0. The number of halogens is 1. The summed E-state index contributed by atoms with van der Waals surface area (Å²) in [4.78, 5) is 17.9. The van der Waals surface area contributed by atoms with Gasteiger partial charge in [-0.3, -0.25) is 9.89 Å². The first kappa shape index (κ1) is 11.8. The van der Waals surface area contributed by atoms with Gasteiger partial charge in [0.15, 0.2) is 5.82 Å². The second-order valence-corrected chi connectivity index (χ2v) is 4.41. The first-order valence-electron chi connectivity index (χ1n) is 5.34. The number of benzene rings is 1. The van der Waals surface area contributed by atoms with Crippen LogP contribution in [0.4, 0.5) is 5.82 Å². The molecule has 0 unspecified atom stereocenters. The fourth-order valence-corrected chi connectivity index (χ4v) is 2.13. The van der Waals surface area contributed by atoms with E-state index in [1.165, 1.54) is 0 Å². The molecule has 2 heterocycles. The van der Waals surface area contributed by atoms with Crippen LogP contribution < -0.4 is 16.9 Å². The monoisotopic (exact) mass is 271 g/mol. The summed E-state index contributed by atoms with van der Waals surface area (Å²) in [7, 11) is 5.76. The maximum absolute atomic E-state index is 11.5. The first-order valence-corrected chi connectivity index (χ1v) is 5.72. The van der Waals surface area contributed by atoms with Crippen molar-refractivity contribution >= 4 is 41.8 Å². The second-order valence-electron chi connectivity index (χ2n) is 4.00. The number of aromatic amines is 2. The molecule has 2 aromatic heterocycles. The Balaban J connectivity index is 2.30. The number of hydrogen-bond donors (Lipinski definition) is 3. The average molecular weight is 271 g/mol. The SMILES string of the molecule is [B]c1nc(N)c(=O)[nH]c1-c1cc(Cl)c2[nH]ncc2c1. The van der Waals surface area contributed by atoms with Crippen molar-refractivity contribution in [2.24, 2.45) is 0 Å². The Labute approximate surface area is 113 Å². The minimum absolute atomic E-state index is 0.135. The summed E-state index contributed by atoms with van der Waals surface area (Å²) in [5.41, 5.74) is 6.77. The van der Waals surface area contributed by atoms with Gasteiger partial charge in [-0.1, -0.05) is 11.6 Å². The van der Waals surface area contributed by atoms with E-state index in [0.717, 1.165) is 10.9 Å². The van der Waals surface area contributed by atoms with Crippen LogP contribution in [0.1, 0.15) is 0 Å². The lowest BCUT2D eigenvalue weighted by Gasteiger charge is -2.07. The van der Waals surface area contributed by atoms with Crippen LogP contribution in [0.2, 0.25) is 5.02 Å². The number of anilines is 1. The Kier molecular flexibility index (Phi) is 2.57. The Hall–Kier alpha value is -2.28. The van der Waals surface area contributed by atoms with E-state index in [9.17, 15) is 4.79 Å². The van der Waals surface area contributed by atoms with Gasteiger partial charge in [-0.15, -0.1) is 0 Å². The van der Waals surface area contributed by atoms with Gasteiger partial charge in [-0.25, -0.2) is 4.98 Å². The molecule has 4 N–H and O–H groups in total. The van der Waals surface area contributed by atoms with Crippen molar-refractivity contribution in [2.75, 3.05) is 5.73 Å². The molecular weight excluding hydrogens is 264 g/mol. The van der Waals surface area contributed by atoms with Gasteiger partial charge in [-0.05, 0) is 12.1 Å². The smallest absolute Gasteiger partial charge is 0.290 e. The summed E-state index contributed by atoms with van der Waals surface area (Å²) < 4.78 is 0. The minimum atomic E-state index is -0.493. The van der Waals surface area contributed by atoms with E-state index < -0.39 is 5.56 Å². The summed E-state index contributed by atoms with van der Waals surface area (Å²) in [5, 5.41) is 7.96. The lowest BCUT2D eigenvalue weighted by atomic mass is 9.96. The molecule has 0 aliphatic rings. The minimum Gasteiger partial charge on any atom is -0.379 e. The van der Waals surface area contributed by atoms with Gasteiger partial charge in [-0.2, -0.15) is 5.10 Å². The zero-order valence-corrected chi connectivity index (χ0v) is 10.3. The van der Waals surface area contributed by atoms with Gasteiger partial charge in [0.1, 0.15) is 7.85 Å². The molecule has 1 aromatic carbocycles. The third-order valence-corrected chi connectivity index (χ3v) is 3.06. The lowest BCUT2D eigenvalue weighted by molar-refractivity contribution is 1.12. The van der Waals surface area contributed by atoms with Crippen LogP contribution in [0.3, 0.4) is 0 Å². The molecule has 0 amide bonds. The first-order chi connectivity index (χ1) is 9.06. The van der Waals surface area contributed by atoms with Crippen LogP contribution in [-0.2, 0) is 0 Å². The molecule has 0 fully saturated rings. The average Bonchev–Trinajstić information content (AvgIpc) is 2.82. The second kappa shape index (κ2) is 4.13. The highest BCUT2D eigenvalue weighted by atomic mass is 35.5. The normalized spacial score (nSPS) is 11.0. The number of fused-ring (bicyclic) bond motifs is 1. The maximum Gasteiger partial charge on any atom is 0.290 e. The molecule has 0 saturated carbocycles. The van der Waals surface area contributed by atoms with E-state index in [0.29, 0.717) is 16.3 Å². The molecule has 92 valence electrons. The van der Waals surface area contributed by atoms with Crippen LogP contribution in [0, 0.1) is 0 Å². The van der Waals surface area contributed by atoms with Crippen molar-refractivity contribution in [1.82, 2.24) is 20.2 Å². The molecule has 19 heavy (non-hydrogen) atoms. The zero-order valence-electron chi connectivity index (χ0n) is 9.57. The number of nitrogen functional groups attached to an aromatic ring is 1. The van der Waals surface area contributed by atoms with Crippen LogP contribution >= 0.6 is 11.6 Å². The predicted molar refractivity (Wildman–Crippen MR) is 74.8 cm³/mol. The molecule has 0 aliphatic heterocycles. The molecular formula is C11H7BClN5O. The maximum atomic E-state index is 11.5. The highest BCUT2D eigenvalue weighted by molar-refractivity contribution is 6.36. The van der Waals surface area contributed by atoms with Crippen molar-refractivity contribution in [3.63, 3.8) is 0 Å². The molecule has 3 aromatic rings. The number of H-pyrrole nitrogens is 2. The summed E-state index contributed by atoms with van der Waals surface area (Å²) in [6.07, 6.45) is 1.63. The van der Waals surface area contributed by atoms with Crippen LogP contribution in [-0.4, -0.2) is 28.0 Å². The van der Waals surface area contributed by atoms with E-state index in [1.54, 1.807) is 18.3 Å². The van der Waals surface area contributed by atoms with E-state index in [1.807, 2.05) is 0 Å². The standard InChI is InChI=1S/C11H7BClN5O/c12-9-8(16-11(19)10(14)17-9)4-1-5-3-15-18-7(5)6(13)2-4/h1-3H,(H2,14,17)(H,15,18)(H,16,19). The highest BCUT2D eigenvalue weighted by Gasteiger charge is 2.10. The molecule has 6 nitrogen and oxygen atoms in total. The Morgan fingerprint density at radius 2 is 2.16 bits per heavy atom. The van der Waals surface area contributed by atoms with E-state index in [4.69, 9.17) is 25.2 Å². The fourth-order valence-electron chi connectivity index (χ4n) is 1.86. The summed E-state index contributed by atoms with van der Waals surface area (Å²) >= 11 is 6.13. The van der Waals surface area contributed by atoms with Gasteiger partial charge >= 0.3 is 0 Å². The number of nitrogens with two attached hydrogens (primary N) is 1. The molecule has 2 radical (unpaired) electrons. The van der Waals surface area contributed by atoms with Gasteiger partial charge in [0, 0.05) is 16.5 Å². The highest BCUT2D eigenvalue weighted by Crippen LogP contribution is 2.27. The third-order valence-electron chi connectivity index (χ3n) is 2.76. The number of nitrogens with one attached hydrogen (secondary N) is 2. The van der Waals surface area contributed by atoms with Gasteiger partial charge in [0.2, 0.25) is 0 Å². The summed E-state index contributed by atoms with van der Waals surface area (Å²) in [5.74, 6) is -0.170. The van der Waals surface area contributed by atoms with Crippen LogP contribution in [0.25, 0.3) is 22.2 Å². The molecule has 3 rings (SSSR count). The molecule has 0 spiro atoms. The van der Waals surface area contributed by atoms with Gasteiger partial charge in [0.25, 0.3) is 5.56 Å². The van der Waals surface area contributed by atoms with E-state index in [2.05, 4.69) is 20.2 Å². The van der Waals surface area contributed by atoms with Crippen molar-refractivity contribution in [2.45, 2.75) is 0 Å². The quantitative estimate of drug-likeness (QED) is 0.556. The molecule has 0 bridgehead atoms. The molecule has 8 heteroatoms. The number of hydrogen-bond acceptors (Lipinski definition) is 4. The van der Waals surface area contributed by atoms with Crippen LogP contribution in [0.15, 0.2) is 23.1 Å². The van der Waals surface area contributed by atoms with Crippen LogP contribution in [0.5, 0.6) is 0 Å². The molecule has 0 aliphatic carbocycles. The predicted octanol–water partition coefficient (Wildman–Crippen LogP) is 0.343. The Morgan fingerprint density at radius 3 is 2.95 bits per heavy atom. The van der Waals surface area contributed by atoms with Gasteiger partial charge < -0.3 is 10.7 Å². The van der Waals surface area contributed by atoms with Gasteiger partial charge in [0.05, 0.1) is 22.4 Å². The number of aromatic nitrogens is 4. The zero-order chi connectivity index (χ0) is 13.6. The lowest BCUT2D eigenvalue weighted by Crippen LogP contribution is -2.25. The number of rotatable bonds is 1. The molecule has 0 atom stereocenters. The molecule has 0 saturated heterocycles. The summed E-state index contributed by atoms with van der Waals surface area (Å²) in [6, 6.07) is 3.46. The van der Waals surface area contributed by atoms with Crippen molar-refractivity contribution < 1.29 is 0 Å². The van der Waals surface area contributed by atoms with Crippen molar-refractivity contribution in [1.29, 1.82) is 0 Å². The fraction of sp³-hybridized carbons (Fsp3) is 0. The Bertz CT molecular complexity index is 841. The topological polar surface area (TPSA) is 100 Å². The largest absolute Gasteiger partial charge is 0.379 e. The van der Waals surface area contributed by atoms with Crippen molar-refractivity contribution in [3.8, 4) is 11.3 Å².